The lowest BCUT2D eigenvalue weighted by Crippen LogP contribution is -2.45. The molecule has 1 aliphatic heterocycles. The van der Waals surface area contributed by atoms with Crippen molar-refractivity contribution in [3.63, 3.8) is 0 Å². The van der Waals surface area contributed by atoms with Gasteiger partial charge in [0.25, 0.3) is 0 Å². The summed E-state index contributed by atoms with van der Waals surface area (Å²) >= 11 is 0. The highest BCUT2D eigenvalue weighted by atomic mass is 28.3. The molecule has 0 radical (unpaired) electrons. The Morgan fingerprint density at radius 3 is 1.50 bits per heavy atom. The molecular weight excluding hydrogens is 224 g/mol. The van der Waals surface area contributed by atoms with Crippen LogP contribution in [0, 0.1) is 0 Å². The van der Waals surface area contributed by atoms with Crippen LogP contribution in [0.2, 0.25) is 26.2 Å². The van der Waals surface area contributed by atoms with E-state index < -0.39 is 16.1 Å². The van der Waals surface area contributed by atoms with Gasteiger partial charge in [-0.05, 0) is 12.8 Å². The molecule has 0 aromatic rings. The van der Waals surface area contributed by atoms with E-state index in [2.05, 4.69) is 50.5 Å². The molecule has 0 aromatic heterocycles. The Kier molecular flexibility index (Phi) is 1.97. The molecule has 0 amide bonds. The fourth-order valence-electron chi connectivity index (χ4n) is 3.69. The molecule has 1 heterocycles. The van der Waals surface area contributed by atoms with Gasteiger partial charge in [-0.3, -0.25) is 0 Å². The van der Waals surface area contributed by atoms with Gasteiger partial charge in [0.15, 0.2) is 0 Å². The highest BCUT2D eigenvalue weighted by Gasteiger charge is 2.46. The first-order valence-electron chi connectivity index (χ1n) is 6.27. The molecule has 16 heavy (non-hydrogen) atoms. The van der Waals surface area contributed by atoms with E-state index in [0.717, 1.165) is 0 Å². The summed E-state index contributed by atoms with van der Waals surface area (Å²) in [5.41, 5.74) is 0. The standard InChI is InChI=1S/C14H20Si2/c1-15(2)11-7-5-9-13(11)16(3,4)14-10-6-8-12(14)15/h5-7,10H,8-9H2,1-4H3. The van der Waals surface area contributed by atoms with Crippen LogP contribution in [0.5, 0.6) is 0 Å². The van der Waals surface area contributed by atoms with Gasteiger partial charge in [0.1, 0.15) is 16.1 Å². The Morgan fingerprint density at radius 1 is 0.750 bits per heavy atom. The van der Waals surface area contributed by atoms with Gasteiger partial charge in [-0.2, -0.15) is 0 Å². The van der Waals surface area contributed by atoms with Crippen molar-refractivity contribution in [1.82, 2.24) is 0 Å². The van der Waals surface area contributed by atoms with Gasteiger partial charge in [0.05, 0.1) is 0 Å². The van der Waals surface area contributed by atoms with Gasteiger partial charge < -0.3 is 0 Å². The Bertz CT molecular complexity index is 439. The van der Waals surface area contributed by atoms with E-state index in [0.29, 0.717) is 0 Å². The van der Waals surface area contributed by atoms with Crippen LogP contribution in [0.15, 0.2) is 45.1 Å². The van der Waals surface area contributed by atoms with Crippen LogP contribution < -0.4 is 0 Å². The maximum atomic E-state index is 2.55. The van der Waals surface area contributed by atoms with E-state index in [1.54, 1.807) is 10.4 Å². The summed E-state index contributed by atoms with van der Waals surface area (Å²) in [5.74, 6) is 0. The van der Waals surface area contributed by atoms with Crippen LogP contribution in [-0.2, 0) is 0 Å². The summed E-state index contributed by atoms with van der Waals surface area (Å²) in [6.07, 6.45) is 12.2. The molecule has 3 aliphatic rings. The summed E-state index contributed by atoms with van der Waals surface area (Å²) in [6, 6.07) is 0. The first kappa shape index (κ1) is 10.5. The zero-order valence-electron chi connectivity index (χ0n) is 10.7. The van der Waals surface area contributed by atoms with Crippen LogP contribution >= 0.6 is 0 Å². The van der Waals surface area contributed by atoms with Gasteiger partial charge in [-0.25, -0.2) is 0 Å². The summed E-state index contributed by atoms with van der Waals surface area (Å²) in [7, 11) is -2.59. The molecule has 84 valence electrons. The lowest BCUT2D eigenvalue weighted by molar-refractivity contribution is 1.29. The van der Waals surface area contributed by atoms with Gasteiger partial charge in [0.2, 0.25) is 0 Å². The van der Waals surface area contributed by atoms with Crippen LogP contribution in [0.25, 0.3) is 0 Å². The second-order valence-corrected chi connectivity index (χ2v) is 15.0. The van der Waals surface area contributed by atoms with Crippen molar-refractivity contribution in [3.8, 4) is 0 Å². The molecular formula is C14H20Si2. The largest absolute Gasteiger partial charge is 0.107 e. The minimum absolute atomic E-state index is 1.25. The first-order chi connectivity index (χ1) is 7.45. The first-order valence-corrected chi connectivity index (χ1v) is 12.3. The third-order valence-corrected chi connectivity index (χ3v) is 12.8. The van der Waals surface area contributed by atoms with E-state index in [-0.39, 0.29) is 0 Å². The Labute approximate surface area is 100 Å². The van der Waals surface area contributed by atoms with E-state index in [1.165, 1.54) is 12.8 Å². The summed E-state index contributed by atoms with van der Waals surface area (Å²) < 4.78 is 0. The average molecular weight is 244 g/mol. The predicted octanol–water partition coefficient (Wildman–Crippen LogP) is 4.09. The fraction of sp³-hybridized carbons (Fsp3) is 0.429. The van der Waals surface area contributed by atoms with Gasteiger partial charge >= 0.3 is 0 Å². The van der Waals surface area contributed by atoms with E-state index in [1.807, 2.05) is 10.4 Å². The molecule has 0 fully saturated rings. The monoisotopic (exact) mass is 244 g/mol. The molecule has 2 aliphatic carbocycles. The molecule has 0 nitrogen and oxygen atoms in total. The molecule has 0 unspecified atom stereocenters. The summed E-state index contributed by atoms with van der Waals surface area (Å²) in [4.78, 5) is 0. The molecule has 2 heteroatoms. The van der Waals surface area contributed by atoms with Gasteiger partial charge in [0, 0.05) is 0 Å². The smallest absolute Gasteiger partial charge is 0.0810 e. The minimum Gasteiger partial charge on any atom is -0.0810 e. The van der Waals surface area contributed by atoms with Crippen molar-refractivity contribution in [2.24, 2.45) is 0 Å². The zero-order valence-corrected chi connectivity index (χ0v) is 12.7. The molecule has 0 N–H and O–H groups in total. The van der Waals surface area contributed by atoms with Crippen molar-refractivity contribution < 1.29 is 0 Å². The van der Waals surface area contributed by atoms with Gasteiger partial charge in [-0.1, -0.05) is 71.3 Å². The van der Waals surface area contributed by atoms with Crippen molar-refractivity contribution >= 4 is 16.1 Å². The minimum atomic E-state index is -1.29. The third-order valence-electron chi connectivity index (χ3n) is 4.72. The van der Waals surface area contributed by atoms with E-state index in [4.69, 9.17) is 0 Å². The quantitative estimate of drug-likeness (QED) is 0.563. The van der Waals surface area contributed by atoms with Crippen LogP contribution in [0.4, 0.5) is 0 Å². The topological polar surface area (TPSA) is 0 Å². The van der Waals surface area contributed by atoms with Crippen molar-refractivity contribution in [2.45, 2.75) is 39.0 Å². The van der Waals surface area contributed by atoms with Crippen molar-refractivity contribution in [2.75, 3.05) is 0 Å². The van der Waals surface area contributed by atoms with Gasteiger partial charge in [-0.15, -0.1) is 0 Å². The molecule has 3 rings (SSSR count). The highest BCUT2D eigenvalue weighted by Crippen LogP contribution is 2.48. The molecule has 0 atom stereocenters. The van der Waals surface area contributed by atoms with Crippen LogP contribution in [-0.4, -0.2) is 16.1 Å². The van der Waals surface area contributed by atoms with E-state index >= 15 is 0 Å². The SMILES string of the molecule is C[Si]1(C)C2=C(CC=C2)[Si](C)(C)C2=C1CC=C2. The second kappa shape index (κ2) is 2.99. The van der Waals surface area contributed by atoms with Crippen LogP contribution in [0.3, 0.4) is 0 Å². The molecule has 0 spiro atoms. The highest BCUT2D eigenvalue weighted by molar-refractivity contribution is 7.02. The number of rotatable bonds is 0. The lowest BCUT2D eigenvalue weighted by atomic mass is 10.5. The lowest BCUT2D eigenvalue weighted by Gasteiger charge is -2.40. The Hall–Kier alpha value is -0.606. The van der Waals surface area contributed by atoms with Crippen molar-refractivity contribution in [1.29, 1.82) is 0 Å². The number of hydrogen-bond acceptors (Lipinski definition) is 0. The molecule has 0 bridgehead atoms. The summed E-state index contributed by atoms with van der Waals surface area (Å²) in [6.45, 7) is 10.2. The normalized spacial score (nSPS) is 28.8. The zero-order chi connectivity index (χ0) is 11.6. The van der Waals surface area contributed by atoms with Crippen LogP contribution in [0.1, 0.15) is 12.8 Å². The maximum absolute atomic E-state index is 2.55. The third kappa shape index (κ3) is 1.09. The molecule has 0 saturated heterocycles. The number of hydrogen-bond donors (Lipinski definition) is 0. The predicted molar refractivity (Wildman–Crippen MR) is 76.5 cm³/mol. The fourth-order valence-corrected chi connectivity index (χ4v) is 13.6. The maximum Gasteiger partial charge on any atom is 0.107 e. The number of allylic oxidation sites excluding steroid dienone is 8. The van der Waals surface area contributed by atoms with E-state index in [9.17, 15) is 0 Å². The molecule has 0 saturated carbocycles. The molecule has 0 aromatic carbocycles. The average Bonchev–Trinajstić information content (AvgIpc) is 2.86. The summed E-state index contributed by atoms with van der Waals surface area (Å²) in [5, 5.41) is 7.25. The van der Waals surface area contributed by atoms with Crippen molar-refractivity contribution in [3.05, 3.63) is 45.1 Å². The Balaban J connectivity index is 2.25. The second-order valence-electron chi connectivity index (χ2n) is 6.25. The Morgan fingerprint density at radius 2 is 1.12 bits per heavy atom.